The molecule has 2 rings (SSSR count). The molecule has 3 atom stereocenters. The van der Waals surface area contributed by atoms with Crippen molar-refractivity contribution >= 4 is 12.6 Å². The topological polar surface area (TPSA) is 52.0 Å². The Labute approximate surface area is 130 Å². The third-order valence-electron chi connectivity index (χ3n) is 6.25. The zero-order valence-electron chi connectivity index (χ0n) is 13.4. The molecule has 2 saturated carbocycles. The van der Waals surface area contributed by atoms with Crippen LogP contribution in [0.1, 0.15) is 71.6 Å². The molecule has 2 fully saturated rings. The lowest BCUT2D eigenvalue weighted by atomic mass is 9.76. The zero-order chi connectivity index (χ0) is 14.8. The molecule has 0 aliphatic heterocycles. The first-order chi connectivity index (χ1) is 9.37. The van der Waals surface area contributed by atoms with Gasteiger partial charge >= 0.3 is 0 Å². The van der Waals surface area contributed by atoms with Crippen LogP contribution in [-0.4, -0.2) is 17.3 Å². The van der Waals surface area contributed by atoms with E-state index >= 15 is 0 Å². The maximum Gasteiger partial charge on any atom is 0.0133 e. The lowest BCUT2D eigenvalue weighted by molar-refractivity contribution is 0.235. The highest BCUT2D eigenvalue weighted by molar-refractivity contribution is 7.81. The molecule has 0 amide bonds. The van der Waals surface area contributed by atoms with Gasteiger partial charge in [-0.05, 0) is 55.9 Å². The molecule has 0 saturated heterocycles. The van der Waals surface area contributed by atoms with E-state index < -0.39 is 0 Å². The fraction of sp³-hybridized carbons (Fsp3) is 1.00. The van der Waals surface area contributed by atoms with Gasteiger partial charge in [0.05, 0.1) is 0 Å². The molecule has 0 aromatic rings. The van der Waals surface area contributed by atoms with Crippen molar-refractivity contribution in [3.05, 3.63) is 0 Å². The maximum absolute atomic E-state index is 6.38. The minimum Gasteiger partial charge on any atom is -0.330 e. The van der Waals surface area contributed by atoms with Gasteiger partial charge in [-0.1, -0.05) is 39.5 Å². The van der Waals surface area contributed by atoms with Crippen molar-refractivity contribution in [3.63, 3.8) is 0 Å². The maximum atomic E-state index is 6.38. The van der Waals surface area contributed by atoms with Crippen molar-refractivity contribution in [2.45, 2.75) is 82.4 Å². The molecule has 2 unspecified atom stereocenters. The van der Waals surface area contributed by atoms with Crippen LogP contribution in [0.3, 0.4) is 0 Å². The van der Waals surface area contributed by atoms with E-state index in [9.17, 15) is 0 Å². The smallest absolute Gasteiger partial charge is 0.0133 e. The van der Waals surface area contributed by atoms with Crippen LogP contribution in [0.5, 0.6) is 0 Å². The minimum absolute atomic E-state index is 0.117. The van der Waals surface area contributed by atoms with E-state index in [0.29, 0.717) is 6.54 Å². The van der Waals surface area contributed by atoms with E-state index in [1.54, 1.807) is 0 Å². The highest BCUT2D eigenvalue weighted by Crippen LogP contribution is 2.45. The van der Waals surface area contributed by atoms with E-state index in [0.717, 1.165) is 24.7 Å². The lowest BCUT2D eigenvalue weighted by Crippen LogP contribution is -2.43. The first kappa shape index (κ1) is 16.6. The summed E-state index contributed by atoms with van der Waals surface area (Å²) in [5.74, 6) is 1.83. The molecule has 0 aromatic heterocycles. The third kappa shape index (κ3) is 3.92. The highest BCUT2D eigenvalue weighted by Gasteiger charge is 2.40. The molecule has 0 spiro atoms. The summed E-state index contributed by atoms with van der Waals surface area (Å²) in [5.41, 5.74) is 12.5. The number of nitrogens with two attached hydrogens (primary N) is 2. The van der Waals surface area contributed by atoms with Gasteiger partial charge in [0.1, 0.15) is 0 Å². The molecule has 0 aromatic carbocycles. The number of hydrogen-bond donors (Lipinski definition) is 3. The van der Waals surface area contributed by atoms with Gasteiger partial charge in [0.25, 0.3) is 0 Å². The standard InChI is InChI=1S/C17H34N2S/c1-13-3-5-14(6-4-13)11-17(20)8-7-15(19)16(2,12-18)9-10-17/h13-15,20H,3-12,18-19H2,1-2H3/t13?,14?,15-,16?,17?/m0/s1. The van der Waals surface area contributed by atoms with E-state index in [2.05, 4.69) is 13.8 Å². The van der Waals surface area contributed by atoms with E-state index in [1.807, 2.05) is 0 Å². The quantitative estimate of drug-likeness (QED) is 0.549. The van der Waals surface area contributed by atoms with Gasteiger partial charge in [-0.25, -0.2) is 0 Å². The van der Waals surface area contributed by atoms with E-state index in [-0.39, 0.29) is 16.2 Å². The van der Waals surface area contributed by atoms with Crippen LogP contribution in [0.2, 0.25) is 0 Å². The summed E-state index contributed by atoms with van der Waals surface area (Å²) >= 11 is 5.11. The van der Waals surface area contributed by atoms with Crippen LogP contribution in [0, 0.1) is 17.3 Å². The Kier molecular flexibility index (Phi) is 5.47. The molecule has 20 heavy (non-hydrogen) atoms. The largest absolute Gasteiger partial charge is 0.330 e. The normalized spacial score (nSPS) is 47.0. The first-order valence-electron chi connectivity index (χ1n) is 8.55. The summed E-state index contributed by atoms with van der Waals surface area (Å²) in [5, 5.41) is 0. The van der Waals surface area contributed by atoms with Gasteiger partial charge in [-0.15, -0.1) is 0 Å². The van der Waals surface area contributed by atoms with Crippen molar-refractivity contribution < 1.29 is 0 Å². The molecule has 3 heteroatoms. The Hall–Kier alpha value is 0.270. The minimum atomic E-state index is 0.117. The van der Waals surface area contributed by atoms with Gasteiger partial charge in [0, 0.05) is 10.8 Å². The van der Waals surface area contributed by atoms with Crippen molar-refractivity contribution in [2.24, 2.45) is 28.7 Å². The summed E-state index contributed by atoms with van der Waals surface area (Å²) in [6.07, 6.45) is 11.5. The summed E-state index contributed by atoms with van der Waals surface area (Å²) in [7, 11) is 0. The molecule has 118 valence electrons. The second kappa shape index (κ2) is 6.58. The average Bonchev–Trinajstić information content (AvgIpc) is 2.55. The van der Waals surface area contributed by atoms with E-state index in [4.69, 9.17) is 24.1 Å². The Morgan fingerprint density at radius 2 is 1.70 bits per heavy atom. The Bertz CT molecular complexity index is 314. The van der Waals surface area contributed by atoms with Crippen LogP contribution in [0.15, 0.2) is 0 Å². The van der Waals surface area contributed by atoms with Crippen LogP contribution >= 0.6 is 12.6 Å². The van der Waals surface area contributed by atoms with Crippen molar-refractivity contribution in [1.29, 1.82) is 0 Å². The van der Waals surface area contributed by atoms with Crippen LogP contribution in [0.25, 0.3) is 0 Å². The number of hydrogen-bond acceptors (Lipinski definition) is 3. The van der Waals surface area contributed by atoms with Crippen molar-refractivity contribution in [3.8, 4) is 0 Å². The van der Waals surface area contributed by atoms with Crippen LogP contribution < -0.4 is 11.5 Å². The zero-order valence-corrected chi connectivity index (χ0v) is 14.3. The average molecular weight is 299 g/mol. The predicted octanol–water partition coefficient (Wildman–Crippen LogP) is 3.74. The molecule has 0 bridgehead atoms. The van der Waals surface area contributed by atoms with Crippen molar-refractivity contribution in [2.75, 3.05) is 6.54 Å². The summed E-state index contributed by atoms with van der Waals surface area (Å²) in [6.45, 7) is 5.36. The molecule has 2 nitrogen and oxygen atoms in total. The Balaban J connectivity index is 1.93. The Morgan fingerprint density at radius 1 is 1.05 bits per heavy atom. The molecule has 2 aliphatic carbocycles. The monoisotopic (exact) mass is 298 g/mol. The molecule has 0 radical (unpaired) electrons. The van der Waals surface area contributed by atoms with Gasteiger partial charge in [0.15, 0.2) is 0 Å². The molecule has 0 heterocycles. The highest BCUT2D eigenvalue weighted by atomic mass is 32.1. The SMILES string of the molecule is CC1CCC(CC2(S)CC[C@H](N)C(C)(CN)CC2)CC1. The van der Waals surface area contributed by atoms with E-state index in [1.165, 1.54) is 44.9 Å². The van der Waals surface area contributed by atoms with Gasteiger partial charge in [0.2, 0.25) is 0 Å². The summed E-state index contributed by atoms with van der Waals surface area (Å²) in [4.78, 5) is 0. The van der Waals surface area contributed by atoms with Gasteiger partial charge in [-0.2, -0.15) is 12.6 Å². The molecule has 4 N–H and O–H groups in total. The second-order valence-corrected chi connectivity index (χ2v) is 9.01. The third-order valence-corrected chi connectivity index (χ3v) is 6.88. The van der Waals surface area contributed by atoms with Gasteiger partial charge in [-0.3, -0.25) is 0 Å². The first-order valence-corrected chi connectivity index (χ1v) is 9.00. The molecular weight excluding hydrogens is 264 g/mol. The second-order valence-electron chi connectivity index (χ2n) is 8.06. The number of thiol groups is 1. The predicted molar refractivity (Wildman–Crippen MR) is 91.1 cm³/mol. The summed E-state index contributed by atoms with van der Waals surface area (Å²) in [6, 6.07) is 0.243. The lowest BCUT2D eigenvalue weighted by Gasteiger charge is -2.35. The fourth-order valence-electron chi connectivity index (χ4n) is 4.13. The van der Waals surface area contributed by atoms with Crippen LogP contribution in [-0.2, 0) is 0 Å². The fourth-order valence-corrected chi connectivity index (χ4v) is 4.63. The van der Waals surface area contributed by atoms with Crippen LogP contribution in [0.4, 0.5) is 0 Å². The molecular formula is C17H34N2S. The van der Waals surface area contributed by atoms with Crippen molar-refractivity contribution in [1.82, 2.24) is 0 Å². The Morgan fingerprint density at radius 3 is 2.30 bits per heavy atom. The van der Waals surface area contributed by atoms with Gasteiger partial charge < -0.3 is 11.5 Å². The summed E-state index contributed by atoms with van der Waals surface area (Å²) < 4.78 is 0.204. The molecule has 2 aliphatic rings. The number of rotatable bonds is 3.